The predicted molar refractivity (Wildman–Crippen MR) is 107 cm³/mol. The van der Waals surface area contributed by atoms with Gasteiger partial charge in [0.2, 0.25) is 0 Å². The van der Waals surface area contributed by atoms with Crippen LogP contribution in [0.15, 0.2) is 66.7 Å². The first-order valence-corrected chi connectivity index (χ1v) is 9.45. The first kappa shape index (κ1) is 18.9. The minimum atomic E-state index is -0.637. The highest BCUT2D eigenvalue weighted by molar-refractivity contribution is 5.78. The van der Waals surface area contributed by atoms with E-state index in [4.69, 9.17) is 9.84 Å². The van der Waals surface area contributed by atoms with E-state index in [1.807, 2.05) is 54.6 Å². The lowest BCUT2D eigenvalue weighted by atomic mass is 10.1. The van der Waals surface area contributed by atoms with Crippen LogP contribution < -0.4 is 4.74 Å². The van der Waals surface area contributed by atoms with Crippen LogP contribution in [-0.4, -0.2) is 16.1 Å². The lowest BCUT2D eigenvalue weighted by Crippen LogP contribution is -2.02. The van der Waals surface area contributed by atoms with Crippen molar-refractivity contribution in [3.63, 3.8) is 0 Å². The fraction of sp³-hybridized carbons (Fsp3) is 0.304. The Bertz CT molecular complexity index is 858. The normalized spacial score (nSPS) is 13.8. The van der Waals surface area contributed by atoms with Gasteiger partial charge in [-0.25, -0.2) is 4.98 Å². The van der Waals surface area contributed by atoms with Gasteiger partial charge >= 0.3 is 5.97 Å². The molecule has 0 spiro atoms. The molecule has 1 fully saturated rings. The summed E-state index contributed by atoms with van der Waals surface area (Å²) in [5.41, 5.74) is 1.95. The van der Waals surface area contributed by atoms with E-state index in [0.29, 0.717) is 18.9 Å². The number of benzene rings is 2. The Hall–Kier alpha value is -2.88. The van der Waals surface area contributed by atoms with E-state index in [2.05, 4.69) is 17.1 Å². The van der Waals surface area contributed by atoms with Gasteiger partial charge in [-0.15, -0.1) is 0 Å². The predicted octanol–water partition coefficient (Wildman–Crippen LogP) is 5.47. The van der Waals surface area contributed by atoms with Gasteiger partial charge in [-0.1, -0.05) is 55.3 Å². The molecule has 0 atom stereocenters. The Kier molecular flexibility index (Phi) is 6.80. The van der Waals surface area contributed by atoms with Gasteiger partial charge in [-0.3, -0.25) is 4.79 Å². The quantitative estimate of drug-likeness (QED) is 0.653. The maximum absolute atomic E-state index is 10.2. The summed E-state index contributed by atoms with van der Waals surface area (Å²) in [7, 11) is 0. The SMILES string of the molecule is O=C(O)CC1CCCC1.c1ccc(OCc2ccc3ccccc3n2)cc1. The van der Waals surface area contributed by atoms with E-state index in [1.54, 1.807) is 0 Å². The Labute approximate surface area is 159 Å². The lowest BCUT2D eigenvalue weighted by Gasteiger charge is -2.06. The van der Waals surface area contributed by atoms with Crippen molar-refractivity contribution in [1.29, 1.82) is 0 Å². The van der Waals surface area contributed by atoms with Crippen LogP contribution >= 0.6 is 0 Å². The number of carboxylic acids is 1. The molecule has 0 saturated heterocycles. The third-order valence-corrected chi connectivity index (χ3v) is 4.72. The molecule has 1 N–H and O–H groups in total. The highest BCUT2D eigenvalue weighted by Crippen LogP contribution is 2.27. The highest BCUT2D eigenvalue weighted by Gasteiger charge is 2.17. The molecule has 4 nitrogen and oxygen atoms in total. The monoisotopic (exact) mass is 363 g/mol. The van der Waals surface area contributed by atoms with Gasteiger partial charge in [-0.2, -0.15) is 0 Å². The second kappa shape index (κ2) is 9.72. The lowest BCUT2D eigenvalue weighted by molar-refractivity contribution is -0.138. The Morgan fingerprint density at radius 3 is 2.41 bits per heavy atom. The first-order valence-electron chi connectivity index (χ1n) is 9.45. The zero-order valence-electron chi connectivity index (χ0n) is 15.4. The zero-order chi connectivity index (χ0) is 18.9. The van der Waals surface area contributed by atoms with Crippen LogP contribution in [0.4, 0.5) is 0 Å². The minimum absolute atomic E-state index is 0.389. The number of fused-ring (bicyclic) bond motifs is 1. The number of hydrogen-bond donors (Lipinski definition) is 1. The molecule has 1 aliphatic carbocycles. The van der Waals surface area contributed by atoms with E-state index < -0.39 is 5.97 Å². The van der Waals surface area contributed by atoms with Crippen LogP contribution in [-0.2, 0) is 11.4 Å². The van der Waals surface area contributed by atoms with E-state index in [1.165, 1.54) is 12.8 Å². The zero-order valence-corrected chi connectivity index (χ0v) is 15.4. The number of hydrogen-bond acceptors (Lipinski definition) is 3. The van der Waals surface area contributed by atoms with E-state index in [-0.39, 0.29) is 0 Å². The number of nitrogens with zero attached hydrogens (tertiary/aromatic N) is 1. The summed E-state index contributed by atoms with van der Waals surface area (Å²) >= 11 is 0. The van der Waals surface area contributed by atoms with Gasteiger partial charge in [0.05, 0.1) is 11.2 Å². The van der Waals surface area contributed by atoms with Crippen LogP contribution in [0.1, 0.15) is 37.8 Å². The summed E-state index contributed by atoms with van der Waals surface area (Å²) in [6.45, 7) is 0.495. The smallest absolute Gasteiger partial charge is 0.303 e. The molecular formula is C23H25NO3. The number of carbonyl (C=O) groups is 1. The van der Waals surface area contributed by atoms with Crippen molar-refractivity contribution in [3.05, 3.63) is 72.4 Å². The van der Waals surface area contributed by atoms with Crippen molar-refractivity contribution in [2.24, 2.45) is 5.92 Å². The van der Waals surface area contributed by atoms with Crippen LogP contribution in [0.2, 0.25) is 0 Å². The molecule has 1 saturated carbocycles. The summed E-state index contributed by atoms with van der Waals surface area (Å²) < 4.78 is 5.68. The van der Waals surface area contributed by atoms with Gasteiger partial charge in [-0.05, 0) is 43.0 Å². The van der Waals surface area contributed by atoms with Gasteiger partial charge in [0.1, 0.15) is 12.4 Å². The highest BCUT2D eigenvalue weighted by atomic mass is 16.5. The van der Waals surface area contributed by atoms with Gasteiger partial charge in [0.25, 0.3) is 0 Å². The van der Waals surface area contributed by atoms with Crippen molar-refractivity contribution < 1.29 is 14.6 Å². The first-order chi connectivity index (χ1) is 13.2. The number of pyridine rings is 1. The fourth-order valence-electron chi connectivity index (χ4n) is 3.32. The molecule has 1 aromatic heterocycles. The molecule has 4 heteroatoms. The Morgan fingerprint density at radius 1 is 0.963 bits per heavy atom. The molecule has 27 heavy (non-hydrogen) atoms. The van der Waals surface area contributed by atoms with Crippen LogP contribution in [0, 0.1) is 5.92 Å². The summed E-state index contributed by atoms with van der Waals surface area (Å²) in [5, 5.41) is 9.53. The largest absolute Gasteiger partial charge is 0.487 e. The molecule has 0 unspecified atom stereocenters. The topological polar surface area (TPSA) is 59.4 Å². The summed E-state index contributed by atoms with van der Waals surface area (Å²) in [6, 6.07) is 22.0. The van der Waals surface area contributed by atoms with Crippen molar-refractivity contribution in [2.45, 2.75) is 38.7 Å². The minimum Gasteiger partial charge on any atom is -0.487 e. The van der Waals surface area contributed by atoms with E-state index >= 15 is 0 Å². The van der Waals surface area contributed by atoms with Gasteiger partial charge in [0.15, 0.2) is 0 Å². The molecule has 1 heterocycles. The summed E-state index contributed by atoms with van der Waals surface area (Å²) in [4.78, 5) is 14.7. The van der Waals surface area contributed by atoms with Crippen molar-refractivity contribution in [3.8, 4) is 5.75 Å². The van der Waals surface area contributed by atoms with E-state index in [0.717, 1.165) is 35.2 Å². The molecule has 140 valence electrons. The van der Waals surface area contributed by atoms with E-state index in [9.17, 15) is 4.79 Å². The third kappa shape index (κ3) is 6.10. The number of para-hydroxylation sites is 2. The second-order valence-corrected chi connectivity index (χ2v) is 6.85. The molecule has 1 aliphatic rings. The molecule has 0 amide bonds. The van der Waals surface area contributed by atoms with Gasteiger partial charge in [0, 0.05) is 11.8 Å². The summed E-state index contributed by atoms with van der Waals surface area (Å²) in [6.07, 6.45) is 5.12. The maximum Gasteiger partial charge on any atom is 0.303 e. The number of aliphatic carboxylic acids is 1. The molecule has 0 bridgehead atoms. The molecule has 3 aromatic rings. The van der Waals surface area contributed by atoms with Crippen molar-refractivity contribution >= 4 is 16.9 Å². The van der Waals surface area contributed by atoms with Crippen LogP contribution in [0.5, 0.6) is 5.75 Å². The summed E-state index contributed by atoms with van der Waals surface area (Å²) in [5.74, 6) is 0.719. The van der Waals surface area contributed by atoms with Crippen LogP contribution in [0.25, 0.3) is 10.9 Å². The van der Waals surface area contributed by atoms with Gasteiger partial charge < -0.3 is 9.84 Å². The number of ether oxygens (including phenoxy) is 1. The average Bonchev–Trinajstić information content (AvgIpc) is 3.20. The second-order valence-electron chi connectivity index (χ2n) is 6.85. The Morgan fingerprint density at radius 2 is 1.67 bits per heavy atom. The number of carboxylic acid groups (broad SMARTS) is 1. The molecule has 0 radical (unpaired) electrons. The standard InChI is InChI=1S/C16H13NO.C7H12O2/c1-2-7-15(8-3-1)18-12-14-11-10-13-6-4-5-9-16(13)17-14;8-7(9)5-6-3-1-2-4-6/h1-11H,12H2;6H,1-5H2,(H,8,9). The third-order valence-electron chi connectivity index (χ3n) is 4.72. The molecular weight excluding hydrogens is 338 g/mol. The molecule has 2 aromatic carbocycles. The number of rotatable bonds is 5. The number of aromatic nitrogens is 1. The fourth-order valence-corrected chi connectivity index (χ4v) is 3.32. The Balaban J connectivity index is 0.000000197. The maximum atomic E-state index is 10.2. The molecule has 0 aliphatic heterocycles. The van der Waals surface area contributed by atoms with Crippen LogP contribution in [0.3, 0.4) is 0 Å². The average molecular weight is 363 g/mol. The molecule has 4 rings (SSSR count). The van der Waals surface area contributed by atoms with Crippen molar-refractivity contribution in [1.82, 2.24) is 4.98 Å². The van der Waals surface area contributed by atoms with Crippen molar-refractivity contribution in [2.75, 3.05) is 0 Å².